The van der Waals surface area contributed by atoms with Crippen LogP contribution in [0.5, 0.6) is 0 Å². The van der Waals surface area contributed by atoms with Gasteiger partial charge in [0.2, 0.25) is 5.91 Å². The van der Waals surface area contributed by atoms with Crippen LogP contribution < -0.4 is 10.0 Å². The Labute approximate surface area is 154 Å². The second-order valence-corrected chi connectivity index (χ2v) is 9.19. The predicted molar refractivity (Wildman–Crippen MR) is 86.4 cm³/mol. The summed E-state index contributed by atoms with van der Waals surface area (Å²) in [4.78, 5) is 11.4. The molecule has 1 aliphatic heterocycles. The number of hydrogen-bond acceptors (Lipinski definition) is 5. The number of nitrogens with one attached hydrogen (secondary N) is 2. The lowest BCUT2D eigenvalue weighted by Gasteiger charge is -2.48. The zero-order chi connectivity index (χ0) is 20.0. The Kier molecular flexibility index (Phi) is 5.72. The number of nitrogens with zero attached hydrogens (tertiary/aromatic N) is 1. The number of hydrogen-bond donors (Lipinski definition) is 3. The van der Waals surface area contributed by atoms with E-state index >= 15 is 4.39 Å². The third kappa shape index (κ3) is 4.54. The van der Waals surface area contributed by atoms with Gasteiger partial charge < -0.3 is 10.4 Å². The quantitative estimate of drug-likeness (QED) is 0.578. The average Bonchev–Trinajstić information content (AvgIpc) is 2.79. The number of carbonyl (C=O) groups is 1. The maximum atomic E-state index is 15.2. The first-order valence-corrected chi connectivity index (χ1v) is 10.4. The van der Waals surface area contributed by atoms with Crippen molar-refractivity contribution in [2.24, 2.45) is 11.8 Å². The van der Waals surface area contributed by atoms with Gasteiger partial charge in [-0.1, -0.05) is 0 Å². The summed E-state index contributed by atoms with van der Waals surface area (Å²) < 4.78 is 78.6. The Hall–Kier alpha value is -0.980. The second kappa shape index (κ2) is 7.45. The van der Waals surface area contributed by atoms with Crippen molar-refractivity contribution in [3.63, 3.8) is 0 Å². The highest BCUT2D eigenvalue weighted by Gasteiger charge is 2.53. The van der Waals surface area contributed by atoms with Crippen molar-refractivity contribution in [2.75, 3.05) is 13.1 Å². The minimum Gasteiger partial charge on any atom is -0.391 e. The SMILES string of the molecule is O=C1CN(C2C(O)CC3CCC(NCCC(F)(F)F)CC3C2F)S(=O)(=O)N1. The second-order valence-electron chi connectivity index (χ2n) is 7.57. The van der Waals surface area contributed by atoms with Gasteiger partial charge in [-0.05, 0) is 37.5 Å². The maximum Gasteiger partial charge on any atom is 0.390 e. The van der Waals surface area contributed by atoms with Crippen LogP contribution in [0.1, 0.15) is 32.1 Å². The van der Waals surface area contributed by atoms with E-state index in [1.807, 2.05) is 0 Å². The number of carbonyl (C=O) groups excluding carboxylic acids is 1. The fourth-order valence-electron chi connectivity index (χ4n) is 4.55. The number of halogens is 4. The van der Waals surface area contributed by atoms with Crippen molar-refractivity contribution < 1.29 is 35.9 Å². The molecule has 0 aromatic carbocycles. The van der Waals surface area contributed by atoms with Crippen LogP contribution in [0.25, 0.3) is 0 Å². The molecule has 1 saturated heterocycles. The highest BCUT2D eigenvalue weighted by Crippen LogP contribution is 2.44. The first-order chi connectivity index (χ1) is 12.5. The van der Waals surface area contributed by atoms with E-state index in [9.17, 15) is 31.5 Å². The van der Waals surface area contributed by atoms with Crippen LogP contribution in [0.4, 0.5) is 17.6 Å². The van der Waals surface area contributed by atoms with Gasteiger partial charge in [-0.25, -0.2) is 9.11 Å². The van der Waals surface area contributed by atoms with E-state index in [0.29, 0.717) is 17.1 Å². The van der Waals surface area contributed by atoms with E-state index in [1.165, 1.54) is 0 Å². The van der Waals surface area contributed by atoms with Crippen LogP contribution in [-0.2, 0) is 15.0 Å². The van der Waals surface area contributed by atoms with Crippen molar-refractivity contribution in [2.45, 2.75) is 62.6 Å². The molecule has 1 heterocycles. The van der Waals surface area contributed by atoms with Crippen molar-refractivity contribution in [3.05, 3.63) is 0 Å². The van der Waals surface area contributed by atoms with Gasteiger partial charge in [0, 0.05) is 12.6 Å². The lowest BCUT2D eigenvalue weighted by atomic mass is 9.66. The van der Waals surface area contributed by atoms with Gasteiger partial charge >= 0.3 is 16.4 Å². The van der Waals surface area contributed by atoms with Gasteiger partial charge in [-0.15, -0.1) is 0 Å². The van der Waals surface area contributed by atoms with E-state index in [4.69, 9.17) is 0 Å². The Bertz CT molecular complexity index is 674. The highest BCUT2D eigenvalue weighted by atomic mass is 32.2. The molecule has 0 aromatic heterocycles. The largest absolute Gasteiger partial charge is 0.391 e. The van der Waals surface area contributed by atoms with Gasteiger partial charge in [0.25, 0.3) is 0 Å². The normalized spacial score (nSPS) is 39.8. The Morgan fingerprint density at radius 3 is 2.56 bits per heavy atom. The Balaban J connectivity index is 1.67. The molecule has 3 rings (SSSR count). The highest BCUT2D eigenvalue weighted by molar-refractivity contribution is 7.88. The third-order valence-electron chi connectivity index (χ3n) is 5.75. The molecule has 12 heteroatoms. The van der Waals surface area contributed by atoms with Crippen LogP contribution >= 0.6 is 0 Å². The van der Waals surface area contributed by atoms with Gasteiger partial charge in [0.15, 0.2) is 0 Å². The van der Waals surface area contributed by atoms with Crippen molar-refractivity contribution in [1.82, 2.24) is 14.3 Å². The topological polar surface area (TPSA) is 98.7 Å². The molecule has 3 fully saturated rings. The summed E-state index contributed by atoms with van der Waals surface area (Å²) in [6.45, 7) is -0.803. The number of aliphatic hydroxyl groups is 1. The van der Waals surface area contributed by atoms with Crippen LogP contribution in [-0.4, -0.2) is 67.4 Å². The lowest BCUT2D eigenvalue weighted by molar-refractivity contribution is -0.134. The molecule has 0 spiro atoms. The molecule has 27 heavy (non-hydrogen) atoms. The van der Waals surface area contributed by atoms with E-state index < -0.39 is 59.5 Å². The van der Waals surface area contributed by atoms with E-state index in [1.54, 1.807) is 4.72 Å². The molecule has 0 radical (unpaired) electrons. The third-order valence-corrected chi connectivity index (χ3v) is 7.22. The van der Waals surface area contributed by atoms with Gasteiger partial charge in [0.05, 0.1) is 25.1 Å². The summed E-state index contributed by atoms with van der Waals surface area (Å²) in [7, 11) is -4.19. The van der Waals surface area contributed by atoms with Crippen molar-refractivity contribution in [3.8, 4) is 0 Å². The molecule has 0 aromatic rings. The number of amides is 1. The molecule has 3 aliphatic rings. The molecule has 156 valence electrons. The molecule has 2 aliphatic carbocycles. The van der Waals surface area contributed by atoms with E-state index in [-0.39, 0.29) is 31.3 Å². The fourth-order valence-corrected chi connectivity index (χ4v) is 5.88. The number of aliphatic hydroxyl groups excluding tert-OH is 1. The summed E-state index contributed by atoms with van der Waals surface area (Å²) in [5, 5.41) is 13.1. The molecule has 3 N–H and O–H groups in total. The summed E-state index contributed by atoms with van der Waals surface area (Å²) in [5.74, 6) is -1.53. The summed E-state index contributed by atoms with van der Waals surface area (Å²) >= 11 is 0. The first-order valence-electron chi connectivity index (χ1n) is 8.92. The van der Waals surface area contributed by atoms with Gasteiger partial charge in [0.1, 0.15) is 6.17 Å². The molecule has 1 amide bonds. The number of fused-ring (bicyclic) bond motifs is 1. The number of alkyl halides is 4. The first kappa shape index (κ1) is 20.7. The van der Waals surface area contributed by atoms with Crippen LogP contribution in [0.3, 0.4) is 0 Å². The van der Waals surface area contributed by atoms with E-state index in [0.717, 1.165) is 0 Å². The molecule has 7 nitrogen and oxygen atoms in total. The molecular weight excluding hydrogens is 394 g/mol. The summed E-state index contributed by atoms with van der Waals surface area (Å²) in [5.41, 5.74) is 0. The van der Waals surface area contributed by atoms with Gasteiger partial charge in [-0.3, -0.25) is 4.79 Å². The number of rotatable bonds is 4. The summed E-state index contributed by atoms with van der Waals surface area (Å²) in [6.07, 6.45) is -6.60. The fraction of sp³-hybridized carbons (Fsp3) is 0.933. The Morgan fingerprint density at radius 2 is 1.96 bits per heavy atom. The van der Waals surface area contributed by atoms with E-state index in [2.05, 4.69) is 5.32 Å². The van der Waals surface area contributed by atoms with Gasteiger partial charge in [-0.2, -0.15) is 25.9 Å². The molecular formula is C15H23F4N3O4S. The maximum absolute atomic E-state index is 15.2. The van der Waals surface area contributed by atoms with Crippen LogP contribution in [0.15, 0.2) is 0 Å². The monoisotopic (exact) mass is 417 g/mol. The van der Waals surface area contributed by atoms with Crippen molar-refractivity contribution >= 4 is 16.1 Å². The molecule has 6 atom stereocenters. The minimum absolute atomic E-state index is 0.166. The molecule has 2 saturated carbocycles. The predicted octanol–water partition coefficient (Wildman–Crippen LogP) is 0.461. The zero-order valence-electron chi connectivity index (χ0n) is 14.5. The summed E-state index contributed by atoms with van der Waals surface area (Å²) in [6, 6.07) is -1.66. The zero-order valence-corrected chi connectivity index (χ0v) is 15.3. The van der Waals surface area contributed by atoms with Crippen LogP contribution in [0.2, 0.25) is 0 Å². The van der Waals surface area contributed by atoms with Crippen molar-refractivity contribution in [1.29, 1.82) is 0 Å². The molecule has 0 bridgehead atoms. The smallest absolute Gasteiger partial charge is 0.390 e. The standard InChI is InChI=1S/C15H23F4N3O4S/c16-13-10-6-9(20-4-3-15(17,18)19)2-1-8(10)5-11(23)14(13)22-7-12(24)21-27(22,25)26/h8-11,13-14,20,23H,1-7H2,(H,21,24). The Morgan fingerprint density at radius 1 is 1.26 bits per heavy atom. The van der Waals surface area contributed by atoms with Crippen LogP contribution in [0, 0.1) is 11.8 Å². The minimum atomic E-state index is -4.27. The lowest BCUT2D eigenvalue weighted by Crippen LogP contribution is -2.59. The molecule has 6 unspecified atom stereocenters. The average molecular weight is 417 g/mol.